The van der Waals surface area contributed by atoms with Gasteiger partial charge in [-0.25, -0.2) is 0 Å². The van der Waals surface area contributed by atoms with Gasteiger partial charge in [0.05, 0.1) is 12.7 Å². The van der Waals surface area contributed by atoms with Gasteiger partial charge in [-0.15, -0.1) is 11.3 Å². The van der Waals surface area contributed by atoms with E-state index in [0.29, 0.717) is 12.0 Å². The Morgan fingerprint density at radius 1 is 1.14 bits per heavy atom. The number of benzene rings is 1. The molecule has 0 N–H and O–H groups in total. The fourth-order valence-corrected chi connectivity index (χ4v) is 4.56. The summed E-state index contributed by atoms with van der Waals surface area (Å²) in [6.07, 6.45) is 7.90. The van der Waals surface area contributed by atoms with E-state index in [2.05, 4.69) is 38.1 Å². The standard InChI is InChI=1S/C19H26OS/c1-3-5-17-10-9-16(13-20-17)14-7-8-15-11-18(6-4-2)21-19(15)12-14/h7-8,11-12,16-17H,3-6,9-10,13H2,1-2H3. The Kier molecular flexibility index (Phi) is 4.97. The fourth-order valence-electron chi connectivity index (χ4n) is 3.34. The molecule has 2 aromatic rings. The summed E-state index contributed by atoms with van der Waals surface area (Å²) in [7, 11) is 0. The second kappa shape index (κ2) is 6.93. The van der Waals surface area contributed by atoms with Crippen LogP contribution in [0.1, 0.15) is 62.3 Å². The molecule has 1 aromatic carbocycles. The van der Waals surface area contributed by atoms with Crippen molar-refractivity contribution in [2.45, 2.75) is 64.4 Å². The minimum absolute atomic E-state index is 0.507. The lowest BCUT2D eigenvalue weighted by Gasteiger charge is -2.29. The minimum atomic E-state index is 0.507. The first kappa shape index (κ1) is 15.1. The van der Waals surface area contributed by atoms with E-state index in [-0.39, 0.29) is 0 Å². The van der Waals surface area contributed by atoms with Crippen molar-refractivity contribution < 1.29 is 4.74 Å². The third-order valence-corrected chi connectivity index (χ3v) is 5.70. The van der Waals surface area contributed by atoms with Crippen molar-refractivity contribution in [3.8, 4) is 0 Å². The number of hydrogen-bond acceptors (Lipinski definition) is 2. The molecule has 1 saturated heterocycles. The van der Waals surface area contributed by atoms with Crippen LogP contribution in [-0.4, -0.2) is 12.7 Å². The summed E-state index contributed by atoms with van der Waals surface area (Å²) in [6.45, 7) is 5.40. The van der Waals surface area contributed by atoms with E-state index in [4.69, 9.17) is 4.74 Å². The summed E-state index contributed by atoms with van der Waals surface area (Å²) < 4.78 is 7.50. The molecule has 3 rings (SSSR count). The maximum Gasteiger partial charge on any atom is 0.0575 e. The Labute approximate surface area is 132 Å². The van der Waals surface area contributed by atoms with E-state index in [1.54, 1.807) is 0 Å². The van der Waals surface area contributed by atoms with Crippen molar-refractivity contribution in [3.63, 3.8) is 0 Å². The van der Waals surface area contributed by atoms with E-state index >= 15 is 0 Å². The van der Waals surface area contributed by atoms with Crippen LogP contribution in [0.15, 0.2) is 24.3 Å². The molecule has 0 radical (unpaired) electrons. The smallest absolute Gasteiger partial charge is 0.0575 e. The fraction of sp³-hybridized carbons (Fsp3) is 0.579. The molecule has 1 aliphatic heterocycles. The molecular weight excluding hydrogens is 276 g/mol. The first-order valence-corrected chi connectivity index (χ1v) is 9.25. The van der Waals surface area contributed by atoms with Crippen LogP contribution in [0, 0.1) is 0 Å². The lowest BCUT2D eigenvalue weighted by molar-refractivity contribution is -0.00108. The third kappa shape index (κ3) is 3.49. The van der Waals surface area contributed by atoms with Crippen molar-refractivity contribution in [1.29, 1.82) is 0 Å². The Bertz CT molecular complexity index is 578. The van der Waals surface area contributed by atoms with Gasteiger partial charge < -0.3 is 4.74 Å². The molecule has 114 valence electrons. The van der Waals surface area contributed by atoms with Crippen LogP contribution in [0.25, 0.3) is 10.1 Å². The lowest BCUT2D eigenvalue weighted by Crippen LogP contribution is -2.24. The summed E-state index contributed by atoms with van der Waals surface area (Å²) >= 11 is 1.97. The summed E-state index contributed by atoms with van der Waals surface area (Å²) in [6, 6.07) is 9.40. The molecule has 21 heavy (non-hydrogen) atoms. The first-order chi connectivity index (χ1) is 10.3. The molecule has 1 aliphatic rings. The largest absolute Gasteiger partial charge is 0.378 e. The molecule has 0 amide bonds. The Balaban J connectivity index is 1.72. The highest BCUT2D eigenvalue weighted by atomic mass is 32.1. The molecule has 0 spiro atoms. The molecule has 0 bridgehead atoms. The predicted octanol–water partition coefficient (Wildman–Crippen LogP) is 5.92. The molecule has 2 heteroatoms. The zero-order chi connectivity index (χ0) is 14.7. The zero-order valence-electron chi connectivity index (χ0n) is 13.2. The summed E-state index contributed by atoms with van der Waals surface area (Å²) in [5.74, 6) is 0.597. The van der Waals surface area contributed by atoms with Gasteiger partial charge in [0.1, 0.15) is 0 Å². The van der Waals surface area contributed by atoms with E-state index in [9.17, 15) is 0 Å². The molecule has 1 fully saturated rings. The van der Waals surface area contributed by atoms with Gasteiger partial charge in [-0.1, -0.05) is 38.8 Å². The third-order valence-electron chi connectivity index (χ3n) is 4.54. The van der Waals surface area contributed by atoms with E-state index in [0.717, 1.165) is 6.61 Å². The number of ether oxygens (including phenoxy) is 1. The first-order valence-electron chi connectivity index (χ1n) is 8.44. The van der Waals surface area contributed by atoms with Crippen LogP contribution in [0.2, 0.25) is 0 Å². The summed E-state index contributed by atoms with van der Waals surface area (Å²) in [5.41, 5.74) is 1.47. The van der Waals surface area contributed by atoms with Gasteiger partial charge in [-0.2, -0.15) is 0 Å². The van der Waals surface area contributed by atoms with Crippen molar-refractivity contribution in [3.05, 3.63) is 34.7 Å². The number of hydrogen-bond donors (Lipinski definition) is 0. The van der Waals surface area contributed by atoms with Gasteiger partial charge in [0.15, 0.2) is 0 Å². The van der Waals surface area contributed by atoms with Crippen LogP contribution < -0.4 is 0 Å². The number of fused-ring (bicyclic) bond motifs is 1. The molecule has 1 aromatic heterocycles. The van der Waals surface area contributed by atoms with Gasteiger partial charge in [0, 0.05) is 15.5 Å². The quantitative estimate of drug-likeness (QED) is 0.666. The average molecular weight is 302 g/mol. The van der Waals surface area contributed by atoms with Crippen molar-refractivity contribution in [2.75, 3.05) is 6.61 Å². The second-order valence-corrected chi connectivity index (χ2v) is 7.45. The van der Waals surface area contributed by atoms with E-state index in [1.807, 2.05) is 11.3 Å². The summed E-state index contributed by atoms with van der Waals surface area (Å²) in [5, 5.41) is 1.41. The lowest BCUT2D eigenvalue weighted by atomic mass is 9.90. The van der Waals surface area contributed by atoms with Crippen molar-refractivity contribution in [2.24, 2.45) is 0 Å². The molecular formula is C19H26OS. The van der Waals surface area contributed by atoms with Crippen LogP contribution >= 0.6 is 11.3 Å². The van der Waals surface area contributed by atoms with Crippen LogP contribution in [0.4, 0.5) is 0 Å². The van der Waals surface area contributed by atoms with Gasteiger partial charge in [-0.3, -0.25) is 0 Å². The Morgan fingerprint density at radius 2 is 2.05 bits per heavy atom. The number of thiophene rings is 1. The van der Waals surface area contributed by atoms with Crippen molar-refractivity contribution >= 4 is 21.4 Å². The van der Waals surface area contributed by atoms with Crippen LogP contribution in [-0.2, 0) is 11.2 Å². The van der Waals surface area contributed by atoms with Gasteiger partial charge in [0.2, 0.25) is 0 Å². The van der Waals surface area contributed by atoms with Crippen LogP contribution in [0.5, 0.6) is 0 Å². The highest BCUT2D eigenvalue weighted by Crippen LogP contribution is 2.34. The summed E-state index contributed by atoms with van der Waals surface area (Å²) in [4.78, 5) is 1.52. The van der Waals surface area contributed by atoms with E-state index in [1.165, 1.54) is 59.1 Å². The molecule has 2 unspecified atom stereocenters. The van der Waals surface area contributed by atoms with E-state index < -0.39 is 0 Å². The maximum atomic E-state index is 6.04. The van der Waals surface area contributed by atoms with Crippen molar-refractivity contribution in [1.82, 2.24) is 0 Å². The zero-order valence-corrected chi connectivity index (χ0v) is 14.0. The molecule has 1 nitrogen and oxygen atoms in total. The van der Waals surface area contributed by atoms with Gasteiger partial charge >= 0.3 is 0 Å². The second-order valence-electron chi connectivity index (χ2n) is 6.28. The molecule has 2 heterocycles. The topological polar surface area (TPSA) is 9.23 Å². The van der Waals surface area contributed by atoms with Crippen LogP contribution in [0.3, 0.4) is 0 Å². The van der Waals surface area contributed by atoms with Gasteiger partial charge in [0.25, 0.3) is 0 Å². The SMILES string of the molecule is CCCc1cc2ccc(C3CCC(CCC)OC3)cc2s1. The minimum Gasteiger partial charge on any atom is -0.378 e. The Morgan fingerprint density at radius 3 is 2.76 bits per heavy atom. The molecule has 0 aliphatic carbocycles. The highest BCUT2D eigenvalue weighted by Gasteiger charge is 2.22. The predicted molar refractivity (Wildman–Crippen MR) is 92.4 cm³/mol. The highest BCUT2D eigenvalue weighted by molar-refractivity contribution is 7.19. The molecule has 2 atom stereocenters. The number of rotatable bonds is 5. The number of aryl methyl sites for hydroxylation is 1. The average Bonchev–Trinajstić information content (AvgIpc) is 2.90. The normalized spacial score (nSPS) is 22.8. The van der Waals surface area contributed by atoms with Gasteiger partial charge in [-0.05, 0) is 48.8 Å². The molecule has 0 saturated carbocycles. The monoisotopic (exact) mass is 302 g/mol. The maximum absolute atomic E-state index is 6.04. The Hall–Kier alpha value is -0.860.